The lowest BCUT2D eigenvalue weighted by Crippen LogP contribution is -2.54. The summed E-state index contributed by atoms with van der Waals surface area (Å²) in [6, 6.07) is -2.86. The molecule has 1 aliphatic carbocycles. The number of ether oxygens (including phenoxy) is 1. The van der Waals surface area contributed by atoms with E-state index < -0.39 is 30.1 Å². The average molecular weight is 305 g/mol. The van der Waals surface area contributed by atoms with Gasteiger partial charge in [-0.15, -0.1) is 12.4 Å². The van der Waals surface area contributed by atoms with Crippen LogP contribution in [0.1, 0.15) is 25.7 Å². The molecule has 1 saturated carbocycles. The Morgan fingerprint density at radius 1 is 1.42 bits per heavy atom. The van der Waals surface area contributed by atoms with E-state index in [0.717, 1.165) is 12.8 Å². The molecule has 0 aliphatic heterocycles. The molecule has 0 aromatic heterocycles. The number of nitrogens with two attached hydrogens (primary N) is 1. The van der Waals surface area contributed by atoms with Gasteiger partial charge in [-0.25, -0.2) is 0 Å². The van der Waals surface area contributed by atoms with E-state index in [4.69, 9.17) is 5.73 Å². The molecule has 8 heteroatoms. The Hall–Kier alpha value is -0.530. The molecule has 0 bridgehead atoms. The molecule has 0 aromatic rings. The number of carbonyl (C=O) groups is 1. The molecule has 1 fully saturated rings. The fourth-order valence-corrected chi connectivity index (χ4v) is 2.27. The zero-order chi connectivity index (χ0) is 13.8. The molecule has 1 aliphatic rings. The van der Waals surface area contributed by atoms with E-state index in [0.29, 0.717) is 12.8 Å². The number of halogens is 4. The first-order valence-electron chi connectivity index (χ1n) is 5.98. The van der Waals surface area contributed by atoms with Gasteiger partial charge >= 0.3 is 6.18 Å². The van der Waals surface area contributed by atoms with E-state index in [-0.39, 0.29) is 19.0 Å². The lowest BCUT2D eigenvalue weighted by Gasteiger charge is -2.28. The summed E-state index contributed by atoms with van der Waals surface area (Å²) in [4.78, 5) is 11.5. The molecule has 4 nitrogen and oxygen atoms in total. The second-order valence-electron chi connectivity index (χ2n) is 4.63. The molecular formula is C11H20ClF3N2O2. The molecule has 0 saturated heterocycles. The summed E-state index contributed by atoms with van der Waals surface area (Å²) in [6.45, 7) is -0.0962. The van der Waals surface area contributed by atoms with E-state index in [1.807, 2.05) is 5.32 Å². The summed E-state index contributed by atoms with van der Waals surface area (Å²) >= 11 is 0. The van der Waals surface area contributed by atoms with Crippen molar-refractivity contribution in [1.82, 2.24) is 5.32 Å². The Bertz CT molecular complexity index is 284. The van der Waals surface area contributed by atoms with Crippen molar-refractivity contribution in [1.29, 1.82) is 0 Å². The summed E-state index contributed by atoms with van der Waals surface area (Å²) in [5.41, 5.74) is 5.41. The van der Waals surface area contributed by atoms with Crippen molar-refractivity contribution in [2.45, 2.75) is 43.9 Å². The molecule has 114 valence electrons. The Kier molecular flexibility index (Phi) is 7.69. The molecule has 1 rings (SSSR count). The molecule has 1 amide bonds. The maximum absolute atomic E-state index is 12.9. The largest absolute Gasteiger partial charge is 0.408 e. The number of amides is 1. The number of nitrogens with one attached hydrogen (secondary N) is 1. The quantitative estimate of drug-likeness (QED) is 0.811. The Balaban J connectivity index is 0.00000324. The van der Waals surface area contributed by atoms with Crippen LogP contribution >= 0.6 is 12.4 Å². The zero-order valence-corrected chi connectivity index (χ0v) is 11.5. The van der Waals surface area contributed by atoms with Crippen LogP contribution in [-0.4, -0.2) is 37.9 Å². The van der Waals surface area contributed by atoms with Gasteiger partial charge in [-0.1, -0.05) is 12.8 Å². The van der Waals surface area contributed by atoms with Crippen molar-refractivity contribution < 1.29 is 22.7 Å². The monoisotopic (exact) mass is 304 g/mol. The predicted octanol–water partition coefficient (Wildman–Crippen LogP) is 1.62. The van der Waals surface area contributed by atoms with Gasteiger partial charge in [-0.3, -0.25) is 4.79 Å². The van der Waals surface area contributed by atoms with Gasteiger partial charge in [-0.05, 0) is 18.8 Å². The first kappa shape index (κ1) is 18.5. The highest BCUT2D eigenvalue weighted by molar-refractivity contribution is 5.85. The van der Waals surface area contributed by atoms with Crippen LogP contribution in [0.15, 0.2) is 0 Å². The topological polar surface area (TPSA) is 64.3 Å². The van der Waals surface area contributed by atoms with Crippen LogP contribution in [0.5, 0.6) is 0 Å². The van der Waals surface area contributed by atoms with Crippen LogP contribution in [0.25, 0.3) is 0 Å². The highest BCUT2D eigenvalue weighted by Gasteiger charge is 2.46. The highest BCUT2D eigenvalue weighted by Crippen LogP contribution is 2.35. The minimum atomic E-state index is -4.43. The van der Waals surface area contributed by atoms with Crippen LogP contribution in [-0.2, 0) is 9.53 Å². The van der Waals surface area contributed by atoms with Gasteiger partial charge in [0.2, 0.25) is 5.91 Å². The number of hydrogen-bond acceptors (Lipinski definition) is 3. The standard InChI is InChI=1S/C11H19F3N2O2.ClH/c1-18-6-8(15)10(17)16-9(11(12,13)14)7-4-2-3-5-7;/h7-9H,2-6,15H2,1H3,(H,16,17);1H. The normalized spacial score (nSPS) is 19.6. The molecule has 2 unspecified atom stereocenters. The molecule has 3 N–H and O–H groups in total. The maximum atomic E-state index is 12.9. The van der Waals surface area contributed by atoms with Crippen LogP contribution in [0, 0.1) is 5.92 Å². The number of hydrogen-bond donors (Lipinski definition) is 2. The van der Waals surface area contributed by atoms with E-state index in [2.05, 4.69) is 4.74 Å². The van der Waals surface area contributed by atoms with E-state index in [9.17, 15) is 18.0 Å². The predicted molar refractivity (Wildman–Crippen MR) is 67.0 cm³/mol. The molecular weight excluding hydrogens is 285 g/mol. The van der Waals surface area contributed by atoms with Gasteiger partial charge in [0.05, 0.1) is 6.61 Å². The Morgan fingerprint density at radius 2 is 1.95 bits per heavy atom. The fraction of sp³-hybridized carbons (Fsp3) is 0.909. The third-order valence-electron chi connectivity index (χ3n) is 3.20. The number of carbonyl (C=O) groups excluding carboxylic acids is 1. The fourth-order valence-electron chi connectivity index (χ4n) is 2.27. The van der Waals surface area contributed by atoms with E-state index in [1.54, 1.807) is 0 Å². The van der Waals surface area contributed by atoms with Gasteiger partial charge in [0.25, 0.3) is 0 Å². The second-order valence-corrected chi connectivity index (χ2v) is 4.63. The molecule has 0 radical (unpaired) electrons. The van der Waals surface area contributed by atoms with Gasteiger partial charge in [-0.2, -0.15) is 13.2 Å². The average Bonchev–Trinajstić information content (AvgIpc) is 2.77. The van der Waals surface area contributed by atoms with Crippen LogP contribution in [0.2, 0.25) is 0 Å². The first-order chi connectivity index (χ1) is 8.36. The Labute approximate surface area is 116 Å². The molecule has 19 heavy (non-hydrogen) atoms. The lowest BCUT2D eigenvalue weighted by molar-refractivity contribution is -0.172. The van der Waals surface area contributed by atoms with Gasteiger partial charge in [0.1, 0.15) is 12.1 Å². The molecule has 0 spiro atoms. The number of rotatable bonds is 5. The number of alkyl halides is 3. The summed E-state index contributed by atoms with van der Waals surface area (Å²) in [6.07, 6.45) is -1.90. The van der Waals surface area contributed by atoms with Crippen molar-refractivity contribution in [3.05, 3.63) is 0 Å². The SMILES string of the molecule is COCC(N)C(=O)NC(C1CCCC1)C(F)(F)F.Cl. The van der Waals surface area contributed by atoms with Crippen LogP contribution in [0.3, 0.4) is 0 Å². The summed E-state index contributed by atoms with van der Waals surface area (Å²) in [5.74, 6) is -1.35. The van der Waals surface area contributed by atoms with Gasteiger partial charge < -0.3 is 15.8 Å². The second kappa shape index (κ2) is 7.91. The van der Waals surface area contributed by atoms with Crippen molar-refractivity contribution in [3.8, 4) is 0 Å². The van der Waals surface area contributed by atoms with E-state index >= 15 is 0 Å². The smallest absolute Gasteiger partial charge is 0.383 e. The molecule has 0 heterocycles. The third-order valence-corrected chi connectivity index (χ3v) is 3.20. The summed E-state index contributed by atoms with van der Waals surface area (Å²) < 4.78 is 43.3. The van der Waals surface area contributed by atoms with Crippen LogP contribution < -0.4 is 11.1 Å². The number of methoxy groups -OCH3 is 1. The molecule has 2 atom stereocenters. The Morgan fingerprint density at radius 3 is 2.37 bits per heavy atom. The third kappa shape index (κ3) is 5.54. The van der Waals surface area contributed by atoms with Gasteiger partial charge in [0.15, 0.2) is 0 Å². The summed E-state index contributed by atoms with van der Waals surface area (Å²) in [5, 5.41) is 2.01. The maximum Gasteiger partial charge on any atom is 0.408 e. The zero-order valence-electron chi connectivity index (χ0n) is 10.7. The lowest BCUT2D eigenvalue weighted by atomic mass is 9.97. The van der Waals surface area contributed by atoms with Crippen molar-refractivity contribution in [2.24, 2.45) is 11.7 Å². The van der Waals surface area contributed by atoms with Crippen molar-refractivity contribution >= 4 is 18.3 Å². The molecule has 0 aromatic carbocycles. The van der Waals surface area contributed by atoms with Crippen molar-refractivity contribution in [3.63, 3.8) is 0 Å². The van der Waals surface area contributed by atoms with Crippen LogP contribution in [0.4, 0.5) is 13.2 Å². The van der Waals surface area contributed by atoms with Crippen molar-refractivity contribution in [2.75, 3.05) is 13.7 Å². The van der Waals surface area contributed by atoms with Gasteiger partial charge in [0, 0.05) is 7.11 Å². The first-order valence-corrected chi connectivity index (χ1v) is 5.98. The minimum Gasteiger partial charge on any atom is -0.383 e. The minimum absolute atomic E-state index is 0. The highest BCUT2D eigenvalue weighted by atomic mass is 35.5. The van der Waals surface area contributed by atoms with E-state index in [1.165, 1.54) is 7.11 Å². The summed E-state index contributed by atoms with van der Waals surface area (Å²) in [7, 11) is 1.34.